The molecule has 9 nitrogen and oxygen atoms in total. The van der Waals surface area contributed by atoms with E-state index < -0.39 is 33.9 Å². The number of benzene rings is 1. The summed E-state index contributed by atoms with van der Waals surface area (Å²) in [4.78, 5) is 37.1. The number of carbonyl (C=O) groups excluding carboxylic acids is 3. The lowest BCUT2D eigenvalue weighted by Crippen LogP contribution is -2.45. The summed E-state index contributed by atoms with van der Waals surface area (Å²) in [5.41, 5.74) is 4.63. The van der Waals surface area contributed by atoms with Crippen molar-refractivity contribution in [2.75, 3.05) is 13.1 Å². The Morgan fingerprint density at radius 2 is 1.55 bits per heavy atom. The first-order chi connectivity index (χ1) is 15.9. The van der Waals surface area contributed by atoms with Crippen molar-refractivity contribution in [2.45, 2.75) is 36.7 Å². The average Bonchev–Trinajstić information content (AvgIpc) is 3.13. The Bertz CT molecular complexity index is 1130. The van der Waals surface area contributed by atoms with Gasteiger partial charge >= 0.3 is 5.91 Å². The van der Waals surface area contributed by atoms with Crippen LogP contribution in [0, 0.1) is 5.92 Å². The third-order valence-corrected chi connectivity index (χ3v) is 7.69. The Morgan fingerprint density at radius 3 is 2.24 bits per heavy atom. The number of ketones is 1. The van der Waals surface area contributed by atoms with Crippen LogP contribution in [-0.4, -0.2) is 49.5 Å². The lowest BCUT2D eigenvalue weighted by atomic mass is 9.91. The summed E-state index contributed by atoms with van der Waals surface area (Å²) in [6, 6.07) is 5.53. The average molecular weight is 472 g/mol. The molecule has 2 heterocycles. The van der Waals surface area contributed by atoms with Crippen LogP contribution >= 0.6 is 0 Å². The number of fused-ring (bicyclic) bond motifs is 1. The Labute approximate surface area is 192 Å². The summed E-state index contributed by atoms with van der Waals surface area (Å²) >= 11 is 0. The molecule has 0 unspecified atom stereocenters. The van der Waals surface area contributed by atoms with Crippen molar-refractivity contribution in [3.8, 4) is 0 Å². The molecule has 2 atom stereocenters. The first-order valence-electron chi connectivity index (χ1n) is 10.8. The summed E-state index contributed by atoms with van der Waals surface area (Å²) in [5.74, 6) is -2.32. The van der Waals surface area contributed by atoms with Gasteiger partial charge in [0.15, 0.2) is 11.5 Å². The van der Waals surface area contributed by atoms with E-state index in [1.807, 2.05) is 0 Å². The number of carbonyl (C=O) groups is 3. The molecule has 0 radical (unpaired) electrons. The SMILES string of the molecule is O=C(NNC(=O)c1ccc(S(=O)(=O)N2CCCCCC2)cc1)C1=CC(=O)[C@H]2C=CC=C[C@H]2O1. The van der Waals surface area contributed by atoms with Crippen LogP contribution in [0.4, 0.5) is 0 Å². The number of hydrogen-bond acceptors (Lipinski definition) is 6. The van der Waals surface area contributed by atoms with Gasteiger partial charge in [-0.25, -0.2) is 8.42 Å². The van der Waals surface area contributed by atoms with Crippen LogP contribution < -0.4 is 10.9 Å². The maximum atomic E-state index is 12.8. The van der Waals surface area contributed by atoms with Crippen LogP contribution in [0.1, 0.15) is 36.0 Å². The number of allylic oxidation sites excluding steroid dienone is 3. The Balaban J connectivity index is 1.36. The third kappa shape index (κ3) is 5.07. The van der Waals surface area contributed by atoms with Crippen molar-refractivity contribution in [3.63, 3.8) is 0 Å². The number of hydrazine groups is 1. The van der Waals surface area contributed by atoms with Gasteiger partial charge in [0, 0.05) is 24.7 Å². The van der Waals surface area contributed by atoms with Gasteiger partial charge in [-0.15, -0.1) is 0 Å². The highest BCUT2D eigenvalue weighted by Gasteiger charge is 2.33. The summed E-state index contributed by atoms with van der Waals surface area (Å²) < 4.78 is 32.7. The second kappa shape index (κ2) is 9.72. The lowest BCUT2D eigenvalue weighted by Gasteiger charge is -2.28. The highest BCUT2D eigenvalue weighted by Crippen LogP contribution is 2.25. The van der Waals surface area contributed by atoms with E-state index in [4.69, 9.17) is 4.74 Å². The van der Waals surface area contributed by atoms with Gasteiger partial charge in [-0.05, 0) is 43.2 Å². The number of amides is 2. The maximum Gasteiger partial charge on any atom is 0.304 e. The second-order valence-corrected chi connectivity index (χ2v) is 9.98. The molecule has 1 fully saturated rings. The molecule has 0 saturated carbocycles. The fourth-order valence-corrected chi connectivity index (χ4v) is 5.45. The normalized spacial score (nSPS) is 23.0. The Kier molecular flexibility index (Phi) is 6.75. The molecule has 2 N–H and O–H groups in total. The minimum absolute atomic E-state index is 0.119. The van der Waals surface area contributed by atoms with Crippen molar-refractivity contribution >= 4 is 27.6 Å². The molecule has 1 aromatic carbocycles. The topological polar surface area (TPSA) is 122 Å². The molecular weight excluding hydrogens is 446 g/mol. The maximum absolute atomic E-state index is 12.8. The zero-order valence-corrected chi connectivity index (χ0v) is 18.7. The first kappa shape index (κ1) is 22.9. The standard InChI is InChI=1S/C23H25N3O6S/c27-19-15-21(32-20-8-4-3-7-18(19)20)23(29)25-24-22(28)16-9-11-17(12-10-16)33(30,31)26-13-5-1-2-6-14-26/h3-4,7-12,15,18,20H,1-2,5-6,13-14H2,(H,24,28)(H,25,29)/t18-,20-/m1/s1. The summed E-state index contributed by atoms with van der Waals surface area (Å²) in [6.07, 6.45) is 11.1. The van der Waals surface area contributed by atoms with Gasteiger partial charge in [0.1, 0.15) is 6.10 Å². The molecule has 1 saturated heterocycles. The number of rotatable bonds is 4. The third-order valence-electron chi connectivity index (χ3n) is 5.78. The van der Waals surface area contributed by atoms with E-state index in [9.17, 15) is 22.8 Å². The highest BCUT2D eigenvalue weighted by atomic mass is 32.2. The molecule has 2 amide bonds. The lowest BCUT2D eigenvalue weighted by molar-refractivity contribution is -0.128. The number of ether oxygens (including phenoxy) is 1. The molecular formula is C23H25N3O6S. The van der Waals surface area contributed by atoms with Gasteiger partial charge in [0.2, 0.25) is 10.0 Å². The van der Waals surface area contributed by atoms with Gasteiger partial charge < -0.3 is 4.74 Å². The molecule has 10 heteroatoms. The monoisotopic (exact) mass is 471 g/mol. The first-order valence-corrected chi connectivity index (χ1v) is 12.3. The number of hydrogen-bond donors (Lipinski definition) is 2. The zero-order chi connectivity index (χ0) is 23.4. The van der Waals surface area contributed by atoms with Crippen LogP contribution in [0.25, 0.3) is 0 Å². The number of sulfonamides is 1. The molecule has 174 valence electrons. The van der Waals surface area contributed by atoms with Gasteiger partial charge in [-0.1, -0.05) is 31.1 Å². The molecule has 0 aromatic heterocycles. The molecule has 1 aliphatic carbocycles. The molecule has 0 bridgehead atoms. The van der Waals surface area contributed by atoms with Gasteiger partial charge in [-0.2, -0.15) is 4.31 Å². The Morgan fingerprint density at radius 1 is 0.909 bits per heavy atom. The number of nitrogens with one attached hydrogen (secondary N) is 2. The summed E-state index contributed by atoms with van der Waals surface area (Å²) in [7, 11) is -3.62. The van der Waals surface area contributed by atoms with E-state index in [2.05, 4.69) is 10.9 Å². The van der Waals surface area contributed by atoms with Crippen LogP contribution in [-0.2, 0) is 24.3 Å². The quantitative estimate of drug-likeness (QED) is 0.644. The van der Waals surface area contributed by atoms with E-state index in [1.54, 1.807) is 24.3 Å². The number of nitrogens with zero attached hydrogens (tertiary/aromatic N) is 1. The van der Waals surface area contributed by atoms with Gasteiger partial charge in [-0.3, -0.25) is 25.2 Å². The van der Waals surface area contributed by atoms with Crippen LogP contribution in [0.15, 0.2) is 65.3 Å². The minimum atomic E-state index is -3.62. The fraction of sp³-hybridized carbons (Fsp3) is 0.348. The van der Waals surface area contributed by atoms with E-state index in [0.29, 0.717) is 13.1 Å². The molecule has 3 aliphatic rings. The van der Waals surface area contributed by atoms with Gasteiger partial charge in [0.25, 0.3) is 5.91 Å². The molecule has 33 heavy (non-hydrogen) atoms. The van der Waals surface area contributed by atoms with E-state index >= 15 is 0 Å². The molecule has 2 aliphatic heterocycles. The van der Waals surface area contributed by atoms with E-state index in [-0.39, 0.29) is 22.0 Å². The minimum Gasteiger partial charge on any atom is -0.479 e. The van der Waals surface area contributed by atoms with Crippen molar-refractivity contribution in [1.29, 1.82) is 0 Å². The molecule has 0 spiro atoms. The predicted octanol–water partition coefficient (Wildman–Crippen LogP) is 1.61. The summed E-state index contributed by atoms with van der Waals surface area (Å²) in [5, 5.41) is 0. The van der Waals surface area contributed by atoms with E-state index in [0.717, 1.165) is 31.8 Å². The molecule has 4 rings (SSSR count). The van der Waals surface area contributed by atoms with Crippen LogP contribution in [0.3, 0.4) is 0 Å². The van der Waals surface area contributed by atoms with Crippen LogP contribution in [0.5, 0.6) is 0 Å². The van der Waals surface area contributed by atoms with Gasteiger partial charge in [0.05, 0.1) is 10.8 Å². The molecule has 1 aromatic rings. The van der Waals surface area contributed by atoms with Crippen LogP contribution in [0.2, 0.25) is 0 Å². The van der Waals surface area contributed by atoms with Crippen molar-refractivity contribution in [3.05, 3.63) is 66.0 Å². The van der Waals surface area contributed by atoms with Crippen molar-refractivity contribution < 1.29 is 27.5 Å². The van der Waals surface area contributed by atoms with Crippen molar-refractivity contribution in [1.82, 2.24) is 15.2 Å². The Hall–Kier alpha value is -3.24. The summed E-state index contributed by atoms with van der Waals surface area (Å²) in [6.45, 7) is 0.982. The predicted molar refractivity (Wildman–Crippen MR) is 119 cm³/mol. The highest BCUT2D eigenvalue weighted by molar-refractivity contribution is 7.89. The second-order valence-electron chi connectivity index (χ2n) is 8.04. The smallest absolute Gasteiger partial charge is 0.304 e. The van der Waals surface area contributed by atoms with E-state index in [1.165, 1.54) is 28.6 Å². The van der Waals surface area contributed by atoms with Crippen molar-refractivity contribution in [2.24, 2.45) is 5.92 Å². The zero-order valence-electron chi connectivity index (χ0n) is 17.9. The largest absolute Gasteiger partial charge is 0.479 e. The fourth-order valence-electron chi connectivity index (χ4n) is 3.94.